The van der Waals surface area contributed by atoms with E-state index in [1.165, 1.54) is 12.1 Å². The van der Waals surface area contributed by atoms with Gasteiger partial charge in [0.25, 0.3) is 0 Å². The van der Waals surface area contributed by atoms with Crippen molar-refractivity contribution in [2.45, 2.75) is 19.9 Å². The van der Waals surface area contributed by atoms with Gasteiger partial charge in [0.1, 0.15) is 6.61 Å². The van der Waals surface area contributed by atoms with Gasteiger partial charge >= 0.3 is 5.69 Å². The lowest BCUT2D eigenvalue weighted by Crippen LogP contribution is -2.27. The van der Waals surface area contributed by atoms with E-state index in [2.05, 4.69) is 5.32 Å². The number of amides is 1. The number of ether oxygens (including phenoxy) is 1. The molecule has 0 saturated heterocycles. The first kappa shape index (κ1) is 14.9. The zero-order valence-electron chi connectivity index (χ0n) is 10.9. The molecule has 0 radical (unpaired) electrons. The van der Waals surface area contributed by atoms with E-state index in [-0.39, 0.29) is 17.0 Å². The van der Waals surface area contributed by atoms with Gasteiger partial charge in [0.2, 0.25) is 5.91 Å². The summed E-state index contributed by atoms with van der Waals surface area (Å²) in [4.78, 5) is 21.3. The van der Waals surface area contributed by atoms with E-state index in [4.69, 9.17) is 10.5 Å². The van der Waals surface area contributed by atoms with Crippen LogP contribution >= 0.6 is 0 Å². The number of hydrogen-bond donors (Lipinski definition) is 2. The largest absolute Gasteiger partial charge is 0.485 e. The molecular weight excluding hydrogens is 250 g/mol. The number of hydrogen-bond acceptors (Lipinski definition) is 5. The first-order chi connectivity index (χ1) is 8.91. The molecule has 0 bridgehead atoms. The molecular formula is C12H17N3O4. The number of nitrogens with zero attached hydrogens (tertiary/aromatic N) is 1. The van der Waals surface area contributed by atoms with Crippen LogP contribution in [0.2, 0.25) is 0 Å². The van der Waals surface area contributed by atoms with Crippen LogP contribution in [-0.4, -0.2) is 30.0 Å². The van der Waals surface area contributed by atoms with Crippen molar-refractivity contribution < 1.29 is 14.5 Å². The van der Waals surface area contributed by atoms with Crippen molar-refractivity contribution in [2.24, 2.45) is 5.73 Å². The number of nitro benzene ring substituents is 1. The maximum absolute atomic E-state index is 11.0. The molecule has 1 amide bonds. The molecule has 19 heavy (non-hydrogen) atoms. The highest BCUT2D eigenvalue weighted by molar-refractivity contribution is 5.93. The molecule has 104 valence electrons. The van der Waals surface area contributed by atoms with E-state index in [1.54, 1.807) is 0 Å². The minimum absolute atomic E-state index is 0.0827. The summed E-state index contributed by atoms with van der Waals surface area (Å²) in [6.07, 6.45) is 0. The number of nitrogens with two attached hydrogens (primary N) is 1. The second-order valence-electron chi connectivity index (χ2n) is 4.26. The molecule has 0 aliphatic carbocycles. The maximum Gasteiger partial charge on any atom is 0.311 e. The highest BCUT2D eigenvalue weighted by Crippen LogP contribution is 2.27. The van der Waals surface area contributed by atoms with Crippen molar-refractivity contribution >= 4 is 11.6 Å². The summed E-state index contributed by atoms with van der Waals surface area (Å²) in [5, 5.41) is 14.0. The Morgan fingerprint density at radius 3 is 2.74 bits per heavy atom. The summed E-state index contributed by atoms with van der Waals surface area (Å²) in [5.74, 6) is -0.586. The lowest BCUT2D eigenvalue weighted by molar-refractivity contribution is -0.385. The lowest BCUT2D eigenvalue weighted by atomic mass is 10.2. The van der Waals surface area contributed by atoms with E-state index in [9.17, 15) is 14.9 Å². The Hall–Kier alpha value is -2.15. The van der Waals surface area contributed by atoms with E-state index in [0.29, 0.717) is 19.2 Å². The van der Waals surface area contributed by atoms with Crippen molar-refractivity contribution in [3.8, 4) is 5.75 Å². The van der Waals surface area contributed by atoms with Crippen LogP contribution in [0, 0.1) is 10.1 Å². The van der Waals surface area contributed by atoms with Gasteiger partial charge in [0.05, 0.1) is 4.92 Å². The number of nitrogens with one attached hydrogen (secondary N) is 1. The Labute approximate surface area is 110 Å². The lowest BCUT2D eigenvalue weighted by Gasteiger charge is -2.10. The smallest absolute Gasteiger partial charge is 0.311 e. The SMILES string of the molecule is CC(C)NCCOc1ccc(C(N)=O)cc1[N+](=O)[O-]. The average Bonchev–Trinajstić information content (AvgIpc) is 2.34. The van der Waals surface area contributed by atoms with Gasteiger partial charge in [-0.15, -0.1) is 0 Å². The summed E-state index contributed by atoms with van der Waals surface area (Å²) < 4.78 is 5.33. The zero-order valence-corrected chi connectivity index (χ0v) is 10.9. The second-order valence-corrected chi connectivity index (χ2v) is 4.26. The monoisotopic (exact) mass is 267 g/mol. The quantitative estimate of drug-likeness (QED) is 0.436. The van der Waals surface area contributed by atoms with E-state index >= 15 is 0 Å². The van der Waals surface area contributed by atoms with Crippen molar-refractivity contribution in [3.05, 3.63) is 33.9 Å². The van der Waals surface area contributed by atoms with Crippen LogP contribution in [0.25, 0.3) is 0 Å². The Bertz CT molecular complexity index is 474. The van der Waals surface area contributed by atoms with Crippen LogP contribution in [0.3, 0.4) is 0 Å². The molecule has 7 heteroatoms. The Morgan fingerprint density at radius 2 is 2.21 bits per heavy atom. The minimum atomic E-state index is -0.712. The van der Waals surface area contributed by atoms with Gasteiger partial charge in [0, 0.05) is 24.2 Å². The highest BCUT2D eigenvalue weighted by atomic mass is 16.6. The highest BCUT2D eigenvalue weighted by Gasteiger charge is 2.17. The molecule has 0 aliphatic rings. The van der Waals surface area contributed by atoms with Gasteiger partial charge < -0.3 is 15.8 Å². The fourth-order valence-electron chi connectivity index (χ4n) is 1.44. The van der Waals surface area contributed by atoms with Crippen LogP contribution in [0.4, 0.5) is 5.69 Å². The van der Waals surface area contributed by atoms with Crippen LogP contribution in [0.15, 0.2) is 18.2 Å². The number of benzene rings is 1. The Morgan fingerprint density at radius 1 is 1.53 bits per heavy atom. The Kier molecular flexibility index (Phi) is 5.25. The van der Waals surface area contributed by atoms with Crippen molar-refractivity contribution in [3.63, 3.8) is 0 Å². The number of nitro groups is 1. The molecule has 0 spiro atoms. The van der Waals surface area contributed by atoms with Gasteiger partial charge in [-0.2, -0.15) is 0 Å². The molecule has 0 aliphatic heterocycles. The van der Waals surface area contributed by atoms with Crippen molar-refractivity contribution in [1.29, 1.82) is 0 Å². The molecule has 1 aromatic rings. The summed E-state index contributed by atoms with van der Waals surface area (Å²) in [6, 6.07) is 4.22. The van der Waals surface area contributed by atoms with E-state index in [0.717, 1.165) is 6.07 Å². The molecule has 3 N–H and O–H groups in total. The second kappa shape index (κ2) is 6.69. The Balaban J connectivity index is 2.77. The molecule has 0 atom stereocenters. The van der Waals surface area contributed by atoms with Crippen LogP contribution < -0.4 is 15.8 Å². The molecule has 1 rings (SSSR count). The molecule has 0 aromatic heterocycles. The molecule has 7 nitrogen and oxygen atoms in total. The summed E-state index contributed by atoms with van der Waals surface area (Å²) in [5.41, 5.74) is 4.90. The first-order valence-electron chi connectivity index (χ1n) is 5.86. The average molecular weight is 267 g/mol. The van der Waals surface area contributed by atoms with Gasteiger partial charge in [-0.3, -0.25) is 14.9 Å². The fraction of sp³-hybridized carbons (Fsp3) is 0.417. The molecule has 1 aromatic carbocycles. The topological polar surface area (TPSA) is 107 Å². The fourth-order valence-corrected chi connectivity index (χ4v) is 1.44. The molecule has 0 fully saturated rings. The maximum atomic E-state index is 11.0. The number of rotatable bonds is 7. The van der Waals surface area contributed by atoms with Crippen LogP contribution in [0.1, 0.15) is 24.2 Å². The third-order valence-electron chi connectivity index (χ3n) is 2.35. The number of carbonyl (C=O) groups excluding carboxylic acids is 1. The third-order valence-corrected chi connectivity index (χ3v) is 2.35. The first-order valence-corrected chi connectivity index (χ1v) is 5.86. The third kappa shape index (κ3) is 4.55. The predicted molar refractivity (Wildman–Crippen MR) is 70.2 cm³/mol. The summed E-state index contributed by atoms with van der Waals surface area (Å²) in [6.45, 7) is 4.86. The number of primary amides is 1. The minimum Gasteiger partial charge on any atom is -0.485 e. The standard InChI is InChI=1S/C12H17N3O4/c1-8(2)14-5-6-19-11-4-3-9(12(13)16)7-10(11)15(17)18/h3-4,7-8,14H,5-6H2,1-2H3,(H2,13,16). The van der Waals surface area contributed by atoms with Crippen molar-refractivity contribution in [1.82, 2.24) is 5.32 Å². The molecule has 0 unspecified atom stereocenters. The van der Waals surface area contributed by atoms with Crippen molar-refractivity contribution in [2.75, 3.05) is 13.2 Å². The zero-order chi connectivity index (χ0) is 14.4. The van der Waals surface area contributed by atoms with Gasteiger partial charge in [-0.05, 0) is 12.1 Å². The van der Waals surface area contributed by atoms with Gasteiger partial charge in [-0.1, -0.05) is 13.8 Å². The summed E-state index contributed by atoms with van der Waals surface area (Å²) >= 11 is 0. The van der Waals surface area contributed by atoms with Gasteiger partial charge in [-0.25, -0.2) is 0 Å². The predicted octanol–water partition coefficient (Wildman–Crippen LogP) is 1.07. The van der Waals surface area contributed by atoms with E-state index in [1.807, 2.05) is 13.8 Å². The number of carbonyl (C=O) groups is 1. The normalized spacial score (nSPS) is 10.5. The molecule has 0 saturated carbocycles. The van der Waals surface area contributed by atoms with Crippen LogP contribution in [0.5, 0.6) is 5.75 Å². The van der Waals surface area contributed by atoms with Crippen LogP contribution in [-0.2, 0) is 0 Å². The van der Waals surface area contributed by atoms with E-state index < -0.39 is 10.8 Å². The molecule has 0 heterocycles. The van der Waals surface area contributed by atoms with Gasteiger partial charge in [0.15, 0.2) is 5.75 Å². The summed E-state index contributed by atoms with van der Waals surface area (Å²) in [7, 11) is 0.